The Balaban J connectivity index is 1.55. The van der Waals surface area contributed by atoms with Gasteiger partial charge in [0.25, 0.3) is 0 Å². The predicted octanol–water partition coefficient (Wildman–Crippen LogP) is 1.62. The van der Waals surface area contributed by atoms with Crippen LogP contribution in [0.1, 0.15) is 26.7 Å². The van der Waals surface area contributed by atoms with E-state index in [2.05, 4.69) is 38.9 Å². The highest BCUT2D eigenvalue weighted by Crippen LogP contribution is 2.09. The zero-order valence-electron chi connectivity index (χ0n) is 13.5. The molecule has 1 N–H and O–H groups in total. The summed E-state index contributed by atoms with van der Waals surface area (Å²) < 4.78 is 0. The molecule has 0 aliphatic carbocycles. The van der Waals surface area contributed by atoms with Crippen LogP contribution < -0.4 is 10.2 Å². The molecule has 118 valence electrons. The van der Waals surface area contributed by atoms with E-state index < -0.39 is 0 Å². The fourth-order valence-electron chi connectivity index (χ4n) is 2.57. The first-order valence-electron chi connectivity index (χ1n) is 8.21. The van der Waals surface area contributed by atoms with E-state index in [0.29, 0.717) is 0 Å². The number of anilines is 1. The van der Waals surface area contributed by atoms with Gasteiger partial charge in [-0.25, -0.2) is 9.97 Å². The molecule has 0 bridgehead atoms. The topological polar surface area (TPSA) is 44.3 Å². The lowest BCUT2D eigenvalue weighted by molar-refractivity contribution is 0.252. The Kier molecular flexibility index (Phi) is 6.89. The van der Waals surface area contributed by atoms with Crippen LogP contribution >= 0.6 is 0 Å². The van der Waals surface area contributed by atoms with Gasteiger partial charge in [-0.15, -0.1) is 0 Å². The molecule has 0 spiro atoms. The predicted molar refractivity (Wildman–Crippen MR) is 87.6 cm³/mol. The molecule has 0 radical (unpaired) electrons. The zero-order valence-corrected chi connectivity index (χ0v) is 13.5. The van der Waals surface area contributed by atoms with Crippen LogP contribution in [0.5, 0.6) is 0 Å². The van der Waals surface area contributed by atoms with E-state index >= 15 is 0 Å². The lowest BCUT2D eigenvalue weighted by Crippen LogP contribution is -2.47. The van der Waals surface area contributed by atoms with Crippen LogP contribution in [0, 0.1) is 5.92 Å². The standard InChI is InChI=1S/C16H29N5/c1-15(2)5-9-17-6-4-10-20-11-13-21(14-12-20)16-18-7-3-8-19-16/h3,7-8,15,17H,4-6,9-14H2,1-2H3. The second-order valence-corrected chi connectivity index (χ2v) is 6.16. The summed E-state index contributed by atoms with van der Waals surface area (Å²) >= 11 is 0. The fraction of sp³-hybridized carbons (Fsp3) is 0.750. The molecule has 0 atom stereocenters. The Morgan fingerprint density at radius 3 is 2.48 bits per heavy atom. The maximum atomic E-state index is 4.32. The molecule has 0 saturated carbocycles. The largest absolute Gasteiger partial charge is 0.338 e. The van der Waals surface area contributed by atoms with Crippen molar-refractivity contribution in [2.75, 3.05) is 50.7 Å². The number of piperazine rings is 1. The minimum atomic E-state index is 0.797. The van der Waals surface area contributed by atoms with Gasteiger partial charge in [0.05, 0.1) is 0 Å². The normalized spacial score (nSPS) is 16.6. The third kappa shape index (κ3) is 5.98. The van der Waals surface area contributed by atoms with Crippen molar-refractivity contribution in [3.05, 3.63) is 18.5 Å². The number of hydrogen-bond acceptors (Lipinski definition) is 5. The van der Waals surface area contributed by atoms with Crippen LogP contribution in [-0.4, -0.2) is 60.7 Å². The maximum absolute atomic E-state index is 4.32. The van der Waals surface area contributed by atoms with Crippen LogP contribution in [0.2, 0.25) is 0 Å². The smallest absolute Gasteiger partial charge is 0.225 e. The van der Waals surface area contributed by atoms with Crippen molar-refractivity contribution in [2.24, 2.45) is 5.92 Å². The molecule has 5 nitrogen and oxygen atoms in total. The first-order chi connectivity index (χ1) is 10.3. The zero-order chi connectivity index (χ0) is 14.9. The average molecular weight is 291 g/mol. The van der Waals surface area contributed by atoms with Gasteiger partial charge < -0.3 is 10.2 Å². The number of nitrogens with one attached hydrogen (secondary N) is 1. The molecular formula is C16H29N5. The third-order valence-electron chi connectivity index (χ3n) is 3.93. The van der Waals surface area contributed by atoms with Gasteiger partial charge >= 0.3 is 0 Å². The highest BCUT2D eigenvalue weighted by Gasteiger charge is 2.17. The Morgan fingerprint density at radius 2 is 1.81 bits per heavy atom. The summed E-state index contributed by atoms with van der Waals surface area (Å²) in [6.45, 7) is 12.3. The molecule has 5 heteroatoms. The number of aromatic nitrogens is 2. The van der Waals surface area contributed by atoms with E-state index in [1.54, 1.807) is 0 Å². The summed E-state index contributed by atoms with van der Waals surface area (Å²) in [5.41, 5.74) is 0. The Bertz CT molecular complexity index is 374. The van der Waals surface area contributed by atoms with Gasteiger partial charge in [0.2, 0.25) is 5.95 Å². The van der Waals surface area contributed by atoms with Gasteiger partial charge in [-0.05, 0) is 44.5 Å². The van der Waals surface area contributed by atoms with E-state index in [4.69, 9.17) is 0 Å². The molecule has 1 saturated heterocycles. The van der Waals surface area contributed by atoms with E-state index in [0.717, 1.165) is 51.1 Å². The van der Waals surface area contributed by atoms with Gasteiger partial charge in [-0.1, -0.05) is 13.8 Å². The fourth-order valence-corrected chi connectivity index (χ4v) is 2.57. The molecular weight excluding hydrogens is 262 g/mol. The highest BCUT2D eigenvalue weighted by molar-refractivity contribution is 5.29. The van der Waals surface area contributed by atoms with Crippen molar-refractivity contribution in [2.45, 2.75) is 26.7 Å². The summed E-state index contributed by atoms with van der Waals surface area (Å²) in [7, 11) is 0. The van der Waals surface area contributed by atoms with Crippen molar-refractivity contribution in [3.63, 3.8) is 0 Å². The van der Waals surface area contributed by atoms with Crippen LogP contribution in [-0.2, 0) is 0 Å². The molecule has 1 aromatic rings. The molecule has 1 aliphatic rings. The molecule has 0 aromatic carbocycles. The van der Waals surface area contributed by atoms with Crippen LogP contribution in [0.25, 0.3) is 0 Å². The SMILES string of the molecule is CC(C)CCNCCCN1CCN(c2ncccn2)CC1. The molecule has 1 aliphatic heterocycles. The second kappa shape index (κ2) is 8.95. The molecule has 2 heterocycles. The summed E-state index contributed by atoms with van der Waals surface area (Å²) in [6.07, 6.45) is 6.14. The van der Waals surface area contributed by atoms with Gasteiger partial charge in [0, 0.05) is 38.6 Å². The average Bonchev–Trinajstić information content (AvgIpc) is 2.52. The summed E-state index contributed by atoms with van der Waals surface area (Å²) in [5.74, 6) is 1.67. The van der Waals surface area contributed by atoms with Crippen molar-refractivity contribution < 1.29 is 0 Å². The Labute approximate surface area is 128 Å². The number of hydrogen-bond donors (Lipinski definition) is 1. The molecule has 2 rings (SSSR count). The quantitative estimate of drug-likeness (QED) is 0.738. The van der Waals surface area contributed by atoms with Crippen LogP contribution in [0.15, 0.2) is 18.5 Å². The van der Waals surface area contributed by atoms with E-state index in [1.807, 2.05) is 18.5 Å². The van der Waals surface area contributed by atoms with Crippen LogP contribution in [0.4, 0.5) is 5.95 Å². The second-order valence-electron chi connectivity index (χ2n) is 6.16. The first-order valence-corrected chi connectivity index (χ1v) is 8.21. The monoisotopic (exact) mass is 291 g/mol. The molecule has 0 amide bonds. The third-order valence-corrected chi connectivity index (χ3v) is 3.93. The van der Waals surface area contributed by atoms with E-state index in [1.165, 1.54) is 19.4 Å². The van der Waals surface area contributed by atoms with Crippen molar-refractivity contribution in [1.82, 2.24) is 20.2 Å². The lowest BCUT2D eigenvalue weighted by atomic mass is 10.1. The van der Waals surface area contributed by atoms with Gasteiger partial charge in [-0.2, -0.15) is 0 Å². The lowest BCUT2D eigenvalue weighted by Gasteiger charge is -2.34. The Morgan fingerprint density at radius 1 is 1.10 bits per heavy atom. The minimum absolute atomic E-state index is 0.797. The van der Waals surface area contributed by atoms with Crippen LogP contribution in [0.3, 0.4) is 0 Å². The van der Waals surface area contributed by atoms with Crippen molar-refractivity contribution >= 4 is 5.95 Å². The number of rotatable bonds is 8. The minimum Gasteiger partial charge on any atom is -0.338 e. The number of nitrogens with zero attached hydrogens (tertiary/aromatic N) is 4. The van der Waals surface area contributed by atoms with Gasteiger partial charge in [-0.3, -0.25) is 4.90 Å². The van der Waals surface area contributed by atoms with E-state index in [9.17, 15) is 0 Å². The van der Waals surface area contributed by atoms with Gasteiger partial charge in [0.15, 0.2) is 0 Å². The van der Waals surface area contributed by atoms with Crippen molar-refractivity contribution in [1.29, 1.82) is 0 Å². The highest BCUT2D eigenvalue weighted by atomic mass is 15.3. The molecule has 1 fully saturated rings. The maximum Gasteiger partial charge on any atom is 0.225 e. The Hall–Kier alpha value is -1.20. The first kappa shape index (κ1) is 16.2. The molecule has 1 aromatic heterocycles. The summed E-state index contributed by atoms with van der Waals surface area (Å²) in [5, 5.41) is 3.53. The summed E-state index contributed by atoms with van der Waals surface area (Å²) in [4.78, 5) is 13.5. The van der Waals surface area contributed by atoms with Crippen molar-refractivity contribution in [3.8, 4) is 0 Å². The van der Waals surface area contributed by atoms with Gasteiger partial charge in [0.1, 0.15) is 0 Å². The summed E-state index contributed by atoms with van der Waals surface area (Å²) in [6, 6.07) is 1.87. The molecule has 0 unspecified atom stereocenters. The van der Waals surface area contributed by atoms with E-state index in [-0.39, 0.29) is 0 Å². The molecule has 21 heavy (non-hydrogen) atoms.